The van der Waals surface area contributed by atoms with Crippen molar-refractivity contribution >= 4 is 33.3 Å². The number of amides is 1. The van der Waals surface area contributed by atoms with Gasteiger partial charge in [-0.2, -0.15) is 0 Å². The highest BCUT2D eigenvalue weighted by atomic mass is 32.2. The lowest BCUT2D eigenvalue weighted by molar-refractivity contribution is -0.114. The minimum absolute atomic E-state index is 0.112. The SMILES string of the molecule is Cc1ccc(S(=O)(=O)NC(=O)C=Cc2ccc3c(c2)OCCO3)s1. The average molecular weight is 365 g/mol. The number of fused-ring (bicyclic) bond motifs is 1. The average Bonchev–Trinajstić information content (AvgIpc) is 3.00. The molecule has 0 saturated heterocycles. The van der Waals surface area contributed by atoms with E-state index in [2.05, 4.69) is 0 Å². The molecule has 0 unspecified atom stereocenters. The number of carbonyl (C=O) groups excluding carboxylic acids is 1. The van der Waals surface area contributed by atoms with Gasteiger partial charge in [0.1, 0.15) is 17.4 Å². The Hall–Kier alpha value is -2.32. The molecule has 6 nitrogen and oxygen atoms in total. The third-order valence-electron chi connectivity index (χ3n) is 3.21. The minimum atomic E-state index is -3.83. The number of aryl methyl sites for hydroxylation is 1. The third kappa shape index (κ3) is 3.77. The fraction of sp³-hybridized carbons (Fsp3) is 0.188. The molecule has 8 heteroatoms. The molecule has 1 aromatic carbocycles. The summed E-state index contributed by atoms with van der Waals surface area (Å²) < 4.78 is 37.1. The molecule has 0 fully saturated rings. The Kier molecular flexibility index (Phi) is 4.59. The fourth-order valence-corrected chi connectivity index (χ4v) is 4.34. The molecule has 126 valence electrons. The van der Waals surface area contributed by atoms with Crippen LogP contribution in [-0.4, -0.2) is 27.5 Å². The zero-order valence-electron chi connectivity index (χ0n) is 12.8. The summed E-state index contributed by atoms with van der Waals surface area (Å²) in [4.78, 5) is 12.7. The molecule has 1 N–H and O–H groups in total. The minimum Gasteiger partial charge on any atom is -0.486 e. The van der Waals surface area contributed by atoms with Gasteiger partial charge in [-0.1, -0.05) is 6.07 Å². The molecule has 0 bridgehead atoms. The van der Waals surface area contributed by atoms with Crippen molar-refractivity contribution in [1.82, 2.24) is 4.72 Å². The van der Waals surface area contributed by atoms with Crippen LogP contribution in [0.2, 0.25) is 0 Å². The zero-order chi connectivity index (χ0) is 17.2. The Bertz CT molecular complexity index is 899. The zero-order valence-corrected chi connectivity index (χ0v) is 14.4. The van der Waals surface area contributed by atoms with Crippen LogP contribution < -0.4 is 14.2 Å². The van der Waals surface area contributed by atoms with E-state index in [4.69, 9.17) is 9.47 Å². The molecule has 24 heavy (non-hydrogen) atoms. The summed E-state index contributed by atoms with van der Waals surface area (Å²) in [7, 11) is -3.83. The molecule has 2 heterocycles. The standard InChI is InChI=1S/C16H15NO5S2/c1-11-2-7-16(23-11)24(19,20)17-15(18)6-4-12-3-5-13-14(10-12)22-9-8-21-13/h2-7,10H,8-9H2,1H3,(H,17,18). The van der Waals surface area contributed by atoms with Gasteiger partial charge in [-0.3, -0.25) is 4.79 Å². The van der Waals surface area contributed by atoms with Gasteiger partial charge in [-0.05, 0) is 42.8 Å². The molecule has 0 spiro atoms. The van der Waals surface area contributed by atoms with Crippen LogP contribution in [0.5, 0.6) is 11.5 Å². The molecule has 2 aromatic rings. The molecule has 0 aliphatic carbocycles. The van der Waals surface area contributed by atoms with Crippen molar-refractivity contribution in [3.63, 3.8) is 0 Å². The van der Waals surface area contributed by atoms with Crippen LogP contribution in [0.15, 0.2) is 40.6 Å². The number of carbonyl (C=O) groups is 1. The van der Waals surface area contributed by atoms with Crippen LogP contribution in [0.1, 0.15) is 10.4 Å². The van der Waals surface area contributed by atoms with Crippen molar-refractivity contribution in [2.24, 2.45) is 0 Å². The molecule has 3 rings (SSSR count). The summed E-state index contributed by atoms with van der Waals surface area (Å²) in [5.41, 5.74) is 0.707. The van der Waals surface area contributed by atoms with E-state index < -0.39 is 15.9 Å². The fourth-order valence-electron chi connectivity index (χ4n) is 2.11. The van der Waals surface area contributed by atoms with E-state index >= 15 is 0 Å². The van der Waals surface area contributed by atoms with E-state index in [9.17, 15) is 13.2 Å². The first-order chi connectivity index (χ1) is 11.4. The van der Waals surface area contributed by atoms with Crippen LogP contribution >= 0.6 is 11.3 Å². The van der Waals surface area contributed by atoms with E-state index in [1.54, 1.807) is 31.2 Å². The number of benzene rings is 1. The Labute approximate surface area is 143 Å². The highest BCUT2D eigenvalue weighted by Crippen LogP contribution is 2.31. The maximum absolute atomic E-state index is 12.1. The first-order valence-electron chi connectivity index (χ1n) is 7.15. The number of hydrogen-bond acceptors (Lipinski definition) is 6. The first-order valence-corrected chi connectivity index (χ1v) is 9.45. The van der Waals surface area contributed by atoms with E-state index in [1.165, 1.54) is 18.2 Å². The molecule has 1 aromatic heterocycles. The second-order valence-electron chi connectivity index (χ2n) is 5.07. The predicted molar refractivity (Wildman–Crippen MR) is 90.9 cm³/mol. The number of rotatable bonds is 4. The molecule has 1 aliphatic rings. The summed E-state index contributed by atoms with van der Waals surface area (Å²) in [6, 6.07) is 8.40. The molecule has 1 aliphatic heterocycles. The van der Waals surface area contributed by atoms with Crippen molar-refractivity contribution in [2.45, 2.75) is 11.1 Å². The predicted octanol–water partition coefficient (Wildman–Crippen LogP) is 2.35. The monoisotopic (exact) mass is 365 g/mol. The summed E-state index contributed by atoms with van der Waals surface area (Å²) >= 11 is 1.11. The van der Waals surface area contributed by atoms with Gasteiger partial charge in [0.05, 0.1) is 0 Å². The van der Waals surface area contributed by atoms with Gasteiger partial charge >= 0.3 is 0 Å². The van der Waals surface area contributed by atoms with Crippen LogP contribution in [0.4, 0.5) is 0 Å². The molecule has 0 radical (unpaired) electrons. The van der Waals surface area contributed by atoms with Crippen LogP contribution in [0, 0.1) is 6.92 Å². The number of sulfonamides is 1. The second kappa shape index (κ2) is 6.66. The van der Waals surface area contributed by atoms with Gasteiger partial charge < -0.3 is 9.47 Å². The molecule has 1 amide bonds. The van der Waals surface area contributed by atoms with Gasteiger partial charge in [-0.25, -0.2) is 13.1 Å². The Balaban J connectivity index is 1.69. The van der Waals surface area contributed by atoms with E-state index in [1.807, 2.05) is 4.72 Å². The second-order valence-corrected chi connectivity index (χ2v) is 8.27. The van der Waals surface area contributed by atoms with Crippen molar-refractivity contribution in [2.75, 3.05) is 13.2 Å². The van der Waals surface area contributed by atoms with E-state index in [0.29, 0.717) is 30.3 Å². The van der Waals surface area contributed by atoms with Gasteiger partial charge in [0.25, 0.3) is 15.9 Å². The summed E-state index contributed by atoms with van der Waals surface area (Å²) in [5, 5.41) is 0. The number of nitrogens with one attached hydrogen (secondary N) is 1. The Morgan fingerprint density at radius 1 is 1.17 bits per heavy atom. The van der Waals surface area contributed by atoms with Gasteiger partial charge in [0.15, 0.2) is 11.5 Å². The smallest absolute Gasteiger partial charge is 0.273 e. The van der Waals surface area contributed by atoms with Crippen LogP contribution in [0.3, 0.4) is 0 Å². The number of hydrogen-bond donors (Lipinski definition) is 1. The van der Waals surface area contributed by atoms with E-state index in [-0.39, 0.29) is 4.21 Å². The van der Waals surface area contributed by atoms with Crippen molar-refractivity contribution in [1.29, 1.82) is 0 Å². The van der Waals surface area contributed by atoms with Gasteiger partial charge in [-0.15, -0.1) is 11.3 Å². The summed E-state index contributed by atoms with van der Waals surface area (Å²) in [6.45, 7) is 2.77. The lowest BCUT2D eigenvalue weighted by Crippen LogP contribution is -2.28. The van der Waals surface area contributed by atoms with Crippen LogP contribution in [-0.2, 0) is 14.8 Å². The summed E-state index contributed by atoms with van der Waals surface area (Å²) in [5.74, 6) is 0.542. The Morgan fingerprint density at radius 3 is 2.62 bits per heavy atom. The molecule has 0 atom stereocenters. The first kappa shape index (κ1) is 16.5. The van der Waals surface area contributed by atoms with Gasteiger partial charge in [0, 0.05) is 11.0 Å². The highest BCUT2D eigenvalue weighted by Gasteiger charge is 2.18. The molecule has 0 saturated carbocycles. The summed E-state index contributed by atoms with van der Waals surface area (Å²) in [6.07, 6.45) is 2.69. The lowest BCUT2D eigenvalue weighted by atomic mass is 10.2. The maximum atomic E-state index is 12.1. The quantitative estimate of drug-likeness (QED) is 0.841. The topological polar surface area (TPSA) is 81.7 Å². The molecular formula is C16H15NO5S2. The van der Waals surface area contributed by atoms with Gasteiger partial charge in [0.2, 0.25) is 0 Å². The van der Waals surface area contributed by atoms with E-state index in [0.717, 1.165) is 16.2 Å². The third-order valence-corrected chi connectivity index (χ3v) is 6.05. The van der Waals surface area contributed by atoms with Crippen LogP contribution in [0.25, 0.3) is 6.08 Å². The van der Waals surface area contributed by atoms with Crippen molar-refractivity contribution in [3.05, 3.63) is 46.8 Å². The number of ether oxygens (including phenoxy) is 2. The normalized spacial score (nSPS) is 13.9. The Morgan fingerprint density at radius 2 is 1.92 bits per heavy atom. The molecular weight excluding hydrogens is 350 g/mol. The maximum Gasteiger partial charge on any atom is 0.273 e. The van der Waals surface area contributed by atoms with Crippen molar-refractivity contribution < 1.29 is 22.7 Å². The number of thiophene rings is 1. The lowest BCUT2D eigenvalue weighted by Gasteiger charge is -2.18. The highest BCUT2D eigenvalue weighted by molar-refractivity contribution is 7.92. The largest absolute Gasteiger partial charge is 0.486 e. The van der Waals surface area contributed by atoms with Crippen molar-refractivity contribution in [3.8, 4) is 11.5 Å².